The smallest absolute Gasteiger partial charge is 0.321 e. The van der Waals surface area contributed by atoms with E-state index in [1.54, 1.807) is 13.8 Å². The zero-order valence-corrected chi connectivity index (χ0v) is 9.79. The number of nitrogens with two attached hydrogens (primary N) is 3. The van der Waals surface area contributed by atoms with Crippen LogP contribution in [-0.4, -0.2) is 40.1 Å². The molecule has 0 saturated heterocycles. The van der Waals surface area contributed by atoms with Crippen molar-refractivity contribution in [3.63, 3.8) is 0 Å². The van der Waals surface area contributed by atoms with Crippen LogP contribution in [0.3, 0.4) is 0 Å². The highest BCUT2D eigenvalue weighted by Crippen LogP contribution is 1.96. The number of carboxylic acid groups (broad SMARTS) is 2. The van der Waals surface area contributed by atoms with Crippen LogP contribution in [0.1, 0.15) is 20.3 Å². The normalized spacial score (nSPS) is 13.2. The van der Waals surface area contributed by atoms with Gasteiger partial charge in [0.25, 0.3) is 0 Å². The van der Waals surface area contributed by atoms with E-state index in [-0.39, 0.29) is 12.3 Å². The van der Waals surface area contributed by atoms with E-state index < -0.39 is 29.9 Å². The average molecular weight is 249 g/mol. The van der Waals surface area contributed by atoms with Crippen LogP contribution in [0.25, 0.3) is 0 Å². The quantitative estimate of drug-likeness (QED) is 0.387. The third-order valence-corrected chi connectivity index (χ3v) is 1.74. The second kappa shape index (κ2) is 8.48. The SMILES string of the molecule is CC(C)[C@H](N)C(=O)O.NC(=O)CC(N)C(=O)O. The maximum Gasteiger partial charge on any atom is 0.321 e. The molecule has 2 atom stereocenters. The molecule has 8 nitrogen and oxygen atoms in total. The van der Waals surface area contributed by atoms with Crippen molar-refractivity contribution >= 4 is 17.8 Å². The molecule has 0 fully saturated rings. The molecule has 0 saturated carbocycles. The summed E-state index contributed by atoms with van der Waals surface area (Å²) in [5, 5.41) is 16.3. The molecule has 8 heteroatoms. The first-order valence-electron chi connectivity index (χ1n) is 4.84. The van der Waals surface area contributed by atoms with Gasteiger partial charge in [-0.1, -0.05) is 13.8 Å². The fourth-order valence-electron chi connectivity index (χ4n) is 0.589. The fraction of sp³-hybridized carbons (Fsp3) is 0.667. The van der Waals surface area contributed by atoms with Crippen LogP contribution in [0.2, 0.25) is 0 Å². The van der Waals surface area contributed by atoms with Gasteiger partial charge in [0.05, 0.1) is 6.42 Å². The van der Waals surface area contributed by atoms with Gasteiger partial charge in [-0.05, 0) is 5.92 Å². The molecule has 0 aliphatic carbocycles. The van der Waals surface area contributed by atoms with Crippen LogP contribution in [0.5, 0.6) is 0 Å². The summed E-state index contributed by atoms with van der Waals surface area (Å²) in [6.45, 7) is 3.55. The number of amides is 1. The Morgan fingerprint density at radius 2 is 1.47 bits per heavy atom. The highest BCUT2D eigenvalue weighted by Gasteiger charge is 2.14. The zero-order chi connectivity index (χ0) is 14.2. The molecule has 0 aromatic heterocycles. The van der Waals surface area contributed by atoms with Gasteiger partial charge in [-0.2, -0.15) is 0 Å². The summed E-state index contributed by atoms with van der Waals surface area (Å²) in [6, 6.07) is -1.88. The van der Waals surface area contributed by atoms with Crippen molar-refractivity contribution in [3.05, 3.63) is 0 Å². The molecule has 0 aromatic rings. The van der Waals surface area contributed by atoms with Crippen LogP contribution in [0.15, 0.2) is 0 Å². The standard InChI is InChI=1S/C5H11NO2.C4H8N2O3/c1-3(2)4(6)5(7)8;5-2(4(8)9)1-3(6)7/h3-4H,6H2,1-2H3,(H,7,8);2H,1,5H2,(H2,6,7)(H,8,9)/t4-;/m0./s1. The van der Waals surface area contributed by atoms with E-state index in [0.717, 1.165) is 0 Å². The minimum absolute atomic E-state index is 0.0208. The Kier molecular flexibility index (Phi) is 8.84. The zero-order valence-electron chi connectivity index (χ0n) is 9.79. The van der Waals surface area contributed by atoms with Gasteiger partial charge in [-0.3, -0.25) is 14.4 Å². The monoisotopic (exact) mass is 249 g/mol. The molecule has 0 aliphatic heterocycles. The molecule has 8 N–H and O–H groups in total. The summed E-state index contributed by atoms with van der Waals surface area (Å²) in [5.41, 5.74) is 14.7. The number of carbonyl (C=O) groups is 3. The second-order valence-corrected chi connectivity index (χ2v) is 3.72. The Morgan fingerprint density at radius 3 is 1.53 bits per heavy atom. The highest BCUT2D eigenvalue weighted by atomic mass is 16.4. The summed E-state index contributed by atoms with van der Waals surface area (Å²) in [4.78, 5) is 29.9. The fourth-order valence-corrected chi connectivity index (χ4v) is 0.589. The van der Waals surface area contributed by atoms with Crippen LogP contribution < -0.4 is 17.2 Å². The molecule has 0 spiro atoms. The molecule has 17 heavy (non-hydrogen) atoms. The molecule has 0 aliphatic rings. The van der Waals surface area contributed by atoms with Crippen molar-refractivity contribution in [2.24, 2.45) is 23.1 Å². The van der Waals surface area contributed by atoms with Crippen molar-refractivity contribution < 1.29 is 24.6 Å². The second-order valence-electron chi connectivity index (χ2n) is 3.72. The summed E-state index contributed by atoms with van der Waals surface area (Å²) in [5.74, 6) is -2.83. The van der Waals surface area contributed by atoms with Crippen molar-refractivity contribution in [1.82, 2.24) is 0 Å². The number of carboxylic acids is 2. The van der Waals surface area contributed by atoms with E-state index in [0.29, 0.717) is 0 Å². The number of hydrogen-bond donors (Lipinski definition) is 5. The van der Waals surface area contributed by atoms with Crippen LogP contribution in [0, 0.1) is 5.92 Å². The Balaban J connectivity index is 0. The molecule has 100 valence electrons. The Labute approximate surface area is 98.8 Å². The van der Waals surface area contributed by atoms with Gasteiger partial charge in [0.2, 0.25) is 5.91 Å². The highest BCUT2D eigenvalue weighted by molar-refractivity contribution is 5.83. The first-order valence-corrected chi connectivity index (χ1v) is 4.84. The van der Waals surface area contributed by atoms with Crippen molar-refractivity contribution in [1.29, 1.82) is 0 Å². The lowest BCUT2D eigenvalue weighted by atomic mass is 10.1. The van der Waals surface area contributed by atoms with E-state index in [1.165, 1.54) is 0 Å². The van der Waals surface area contributed by atoms with Crippen molar-refractivity contribution in [2.75, 3.05) is 0 Å². The molecule has 0 bridgehead atoms. The number of hydrogen-bond acceptors (Lipinski definition) is 5. The largest absolute Gasteiger partial charge is 0.480 e. The molecular weight excluding hydrogens is 230 g/mol. The predicted octanol–water partition coefficient (Wildman–Crippen LogP) is -1.67. The van der Waals surface area contributed by atoms with Crippen molar-refractivity contribution in [2.45, 2.75) is 32.4 Å². The van der Waals surface area contributed by atoms with Gasteiger partial charge >= 0.3 is 11.9 Å². The summed E-state index contributed by atoms with van der Waals surface area (Å²) < 4.78 is 0. The van der Waals surface area contributed by atoms with Gasteiger partial charge in [0.1, 0.15) is 12.1 Å². The summed E-state index contributed by atoms with van der Waals surface area (Å²) in [7, 11) is 0. The molecule has 0 radical (unpaired) electrons. The summed E-state index contributed by atoms with van der Waals surface area (Å²) in [6.07, 6.45) is -0.310. The lowest BCUT2D eigenvalue weighted by Gasteiger charge is -2.07. The third kappa shape index (κ3) is 10.6. The Bertz CT molecular complexity index is 280. The van der Waals surface area contributed by atoms with Crippen LogP contribution >= 0.6 is 0 Å². The van der Waals surface area contributed by atoms with Gasteiger partial charge in [0.15, 0.2) is 0 Å². The molecule has 0 rings (SSSR count). The lowest BCUT2D eigenvalue weighted by Crippen LogP contribution is -2.34. The van der Waals surface area contributed by atoms with Crippen molar-refractivity contribution in [3.8, 4) is 0 Å². The molecule has 0 heterocycles. The predicted molar refractivity (Wildman–Crippen MR) is 59.9 cm³/mol. The van der Waals surface area contributed by atoms with Crippen LogP contribution in [0.4, 0.5) is 0 Å². The van der Waals surface area contributed by atoms with Gasteiger partial charge in [-0.15, -0.1) is 0 Å². The average Bonchev–Trinajstić information content (AvgIpc) is 2.15. The number of carbonyl (C=O) groups excluding carboxylic acids is 1. The minimum atomic E-state index is -1.21. The topological polar surface area (TPSA) is 170 Å². The van der Waals surface area contributed by atoms with E-state index >= 15 is 0 Å². The van der Waals surface area contributed by atoms with Gasteiger partial charge in [-0.25, -0.2) is 0 Å². The number of rotatable bonds is 5. The third-order valence-electron chi connectivity index (χ3n) is 1.74. The van der Waals surface area contributed by atoms with Gasteiger partial charge < -0.3 is 27.4 Å². The Hall–Kier alpha value is -1.67. The number of primary amides is 1. The van der Waals surface area contributed by atoms with Gasteiger partial charge in [0, 0.05) is 0 Å². The maximum absolute atomic E-state index is 10.0. The lowest BCUT2D eigenvalue weighted by molar-refractivity contribution is -0.140. The van der Waals surface area contributed by atoms with E-state index in [9.17, 15) is 14.4 Å². The first kappa shape index (κ1) is 17.7. The number of aliphatic carboxylic acids is 2. The molecule has 1 unspecified atom stereocenters. The van der Waals surface area contributed by atoms with E-state index in [4.69, 9.17) is 21.7 Å². The van der Waals surface area contributed by atoms with E-state index in [2.05, 4.69) is 5.73 Å². The Morgan fingerprint density at radius 1 is 1.06 bits per heavy atom. The molecular formula is C9H19N3O5. The van der Waals surface area contributed by atoms with Crippen LogP contribution in [-0.2, 0) is 14.4 Å². The minimum Gasteiger partial charge on any atom is -0.480 e. The van der Waals surface area contributed by atoms with E-state index in [1.807, 2.05) is 0 Å². The summed E-state index contributed by atoms with van der Waals surface area (Å²) >= 11 is 0. The first-order chi connectivity index (χ1) is 7.59. The molecule has 0 aromatic carbocycles. The molecule has 1 amide bonds. The maximum atomic E-state index is 10.0.